The van der Waals surface area contributed by atoms with Crippen LogP contribution in [-0.2, 0) is 6.54 Å². The first-order valence-electron chi connectivity index (χ1n) is 8.66. The molecule has 0 unspecified atom stereocenters. The van der Waals surface area contributed by atoms with Crippen molar-refractivity contribution in [2.45, 2.75) is 34.2 Å². The Hall–Kier alpha value is -2.66. The largest absolute Gasteiger partial charge is 0.332 e. The van der Waals surface area contributed by atoms with E-state index in [0.717, 1.165) is 23.6 Å². The van der Waals surface area contributed by atoms with Crippen LogP contribution in [0.2, 0.25) is 0 Å². The number of aromatic nitrogens is 2. The van der Waals surface area contributed by atoms with Crippen LogP contribution in [0.4, 0.5) is 11.4 Å². The number of benzene rings is 2. The fraction of sp³-hybridized carbons (Fsp3) is 0.238. The maximum Gasteiger partial charge on any atom is 0.175 e. The van der Waals surface area contributed by atoms with Gasteiger partial charge in [0.15, 0.2) is 5.11 Å². The van der Waals surface area contributed by atoms with E-state index in [1.165, 1.54) is 22.4 Å². The normalized spacial score (nSPS) is 10.6. The third kappa shape index (κ3) is 4.49. The number of thiocarbonyl (C=S) groups is 1. The number of nitrogens with zero attached hydrogens (tertiary/aromatic N) is 2. The lowest BCUT2D eigenvalue weighted by Gasteiger charge is -2.13. The van der Waals surface area contributed by atoms with Crippen molar-refractivity contribution >= 4 is 28.7 Å². The van der Waals surface area contributed by atoms with Crippen LogP contribution in [0.15, 0.2) is 48.5 Å². The summed E-state index contributed by atoms with van der Waals surface area (Å²) < 4.78 is 2.02. The summed E-state index contributed by atoms with van der Waals surface area (Å²) >= 11 is 5.43. The van der Waals surface area contributed by atoms with Gasteiger partial charge in [0.05, 0.1) is 12.2 Å². The van der Waals surface area contributed by atoms with Crippen molar-refractivity contribution in [2.75, 3.05) is 10.6 Å². The molecule has 4 nitrogen and oxygen atoms in total. The lowest BCUT2D eigenvalue weighted by atomic mass is 10.1. The Kier molecular flexibility index (Phi) is 5.38. The second-order valence-electron chi connectivity index (χ2n) is 6.68. The van der Waals surface area contributed by atoms with E-state index in [4.69, 9.17) is 12.2 Å². The molecule has 2 aromatic carbocycles. The Morgan fingerprint density at radius 3 is 2.31 bits per heavy atom. The zero-order chi connectivity index (χ0) is 18.7. The maximum absolute atomic E-state index is 5.43. The first kappa shape index (κ1) is 18.1. The second kappa shape index (κ2) is 7.70. The summed E-state index contributed by atoms with van der Waals surface area (Å²) in [6.07, 6.45) is 0. The van der Waals surface area contributed by atoms with Crippen molar-refractivity contribution < 1.29 is 0 Å². The molecule has 0 saturated heterocycles. The fourth-order valence-electron chi connectivity index (χ4n) is 2.94. The van der Waals surface area contributed by atoms with Crippen molar-refractivity contribution in [1.29, 1.82) is 0 Å². The molecule has 26 heavy (non-hydrogen) atoms. The fourth-order valence-corrected chi connectivity index (χ4v) is 3.17. The topological polar surface area (TPSA) is 41.9 Å². The Morgan fingerprint density at radius 1 is 0.962 bits per heavy atom. The lowest BCUT2D eigenvalue weighted by molar-refractivity contribution is 0.659. The molecule has 0 spiro atoms. The maximum atomic E-state index is 5.43. The van der Waals surface area contributed by atoms with Crippen molar-refractivity contribution in [2.24, 2.45) is 0 Å². The highest BCUT2D eigenvalue weighted by Crippen LogP contribution is 2.17. The second-order valence-corrected chi connectivity index (χ2v) is 7.09. The average molecular weight is 365 g/mol. The van der Waals surface area contributed by atoms with Crippen LogP contribution in [0.5, 0.6) is 0 Å². The van der Waals surface area contributed by atoms with E-state index in [0.29, 0.717) is 5.11 Å². The minimum Gasteiger partial charge on any atom is -0.332 e. The third-order valence-electron chi connectivity index (χ3n) is 4.28. The lowest BCUT2D eigenvalue weighted by Crippen LogP contribution is -2.19. The highest BCUT2D eigenvalue weighted by atomic mass is 32.1. The highest BCUT2D eigenvalue weighted by Gasteiger charge is 2.04. The molecule has 3 rings (SSSR count). The molecule has 0 atom stereocenters. The molecule has 0 amide bonds. The van der Waals surface area contributed by atoms with Gasteiger partial charge in [-0.15, -0.1) is 0 Å². The monoisotopic (exact) mass is 364 g/mol. The average Bonchev–Trinajstić information content (AvgIpc) is 2.89. The Bertz CT molecular complexity index is 926. The molecule has 2 N–H and O–H groups in total. The van der Waals surface area contributed by atoms with E-state index in [2.05, 4.69) is 72.9 Å². The predicted octanol–water partition coefficient (Wildman–Crippen LogP) is 4.97. The molecule has 0 aliphatic rings. The van der Waals surface area contributed by atoms with E-state index in [9.17, 15) is 0 Å². The van der Waals surface area contributed by atoms with E-state index >= 15 is 0 Å². The quantitative estimate of drug-likeness (QED) is 0.641. The van der Waals surface area contributed by atoms with Crippen LogP contribution in [0.1, 0.15) is 28.1 Å². The van der Waals surface area contributed by atoms with Gasteiger partial charge in [0.25, 0.3) is 0 Å². The van der Waals surface area contributed by atoms with Crippen LogP contribution in [0.25, 0.3) is 0 Å². The number of aryl methyl sites for hydroxylation is 4. The number of hydrogen-bond donors (Lipinski definition) is 2. The van der Waals surface area contributed by atoms with Crippen LogP contribution in [0, 0.1) is 27.7 Å². The first-order chi connectivity index (χ1) is 12.4. The molecule has 1 heterocycles. The van der Waals surface area contributed by atoms with E-state index in [1.54, 1.807) is 0 Å². The Labute approximate surface area is 160 Å². The van der Waals surface area contributed by atoms with Gasteiger partial charge >= 0.3 is 0 Å². The molecule has 134 valence electrons. The van der Waals surface area contributed by atoms with Gasteiger partial charge in [0, 0.05) is 17.1 Å². The summed E-state index contributed by atoms with van der Waals surface area (Å²) in [5.74, 6) is 0. The van der Waals surface area contributed by atoms with Gasteiger partial charge in [-0.1, -0.05) is 29.8 Å². The van der Waals surface area contributed by atoms with Crippen LogP contribution >= 0.6 is 12.2 Å². The summed E-state index contributed by atoms with van der Waals surface area (Å²) in [5, 5.41) is 11.6. The minimum absolute atomic E-state index is 0.586. The summed E-state index contributed by atoms with van der Waals surface area (Å²) in [5.41, 5.74) is 7.82. The minimum atomic E-state index is 0.586. The molecule has 3 aromatic rings. The molecule has 0 fully saturated rings. The number of rotatable bonds is 4. The van der Waals surface area contributed by atoms with Gasteiger partial charge in [-0.25, -0.2) is 0 Å². The van der Waals surface area contributed by atoms with Crippen molar-refractivity contribution in [3.05, 3.63) is 76.6 Å². The first-order valence-corrected chi connectivity index (χ1v) is 9.07. The standard InChI is InChI=1S/C21H24N4S/c1-14-5-10-20(15(2)11-14)23-21(26)22-19-8-6-18(7-9-19)13-25-17(4)12-16(3)24-25/h5-12H,13H2,1-4H3,(H2,22,23,26). The summed E-state index contributed by atoms with van der Waals surface area (Å²) in [4.78, 5) is 0. The van der Waals surface area contributed by atoms with Crippen molar-refractivity contribution in [3.63, 3.8) is 0 Å². The number of hydrogen-bond acceptors (Lipinski definition) is 2. The smallest absolute Gasteiger partial charge is 0.175 e. The van der Waals surface area contributed by atoms with Crippen LogP contribution in [-0.4, -0.2) is 14.9 Å². The van der Waals surface area contributed by atoms with Gasteiger partial charge in [-0.2, -0.15) is 5.10 Å². The van der Waals surface area contributed by atoms with E-state index < -0.39 is 0 Å². The molecule has 0 aliphatic heterocycles. The van der Waals surface area contributed by atoms with E-state index in [-0.39, 0.29) is 0 Å². The molecule has 0 saturated carbocycles. The SMILES string of the molecule is Cc1ccc(NC(=S)Nc2ccc(Cn3nc(C)cc3C)cc2)c(C)c1. The third-order valence-corrected chi connectivity index (χ3v) is 4.48. The molecule has 0 radical (unpaired) electrons. The molecule has 1 aromatic heterocycles. The van der Waals surface area contributed by atoms with Gasteiger partial charge in [0.1, 0.15) is 0 Å². The van der Waals surface area contributed by atoms with Gasteiger partial charge in [-0.05, 0) is 75.3 Å². The summed E-state index contributed by atoms with van der Waals surface area (Å²) in [6, 6.07) is 16.6. The Balaban J connectivity index is 1.61. The van der Waals surface area contributed by atoms with Gasteiger partial charge < -0.3 is 10.6 Å². The van der Waals surface area contributed by atoms with Crippen molar-refractivity contribution in [3.8, 4) is 0 Å². The summed E-state index contributed by atoms with van der Waals surface area (Å²) in [6.45, 7) is 9.02. The zero-order valence-electron chi connectivity index (χ0n) is 15.6. The van der Waals surface area contributed by atoms with Crippen LogP contribution < -0.4 is 10.6 Å². The molecular formula is C21H24N4S. The predicted molar refractivity (Wildman–Crippen MR) is 113 cm³/mol. The van der Waals surface area contributed by atoms with Crippen LogP contribution in [0.3, 0.4) is 0 Å². The molecule has 0 bridgehead atoms. The van der Waals surface area contributed by atoms with Gasteiger partial charge in [-0.3, -0.25) is 4.68 Å². The number of nitrogens with one attached hydrogen (secondary N) is 2. The highest BCUT2D eigenvalue weighted by molar-refractivity contribution is 7.80. The number of anilines is 2. The van der Waals surface area contributed by atoms with Gasteiger partial charge in [0.2, 0.25) is 0 Å². The zero-order valence-corrected chi connectivity index (χ0v) is 16.4. The summed E-state index contributed by atoms with van der Waals surface area (Å²) in [7, 11) is 0. The van der Waals surface area contributed by atoms with E-state index in [1.807, 2.05) is 23.7 Å². The Morgan fingerprint density at radius 2 is 1.69 bits per heavy atom. The van der Waals surface area contributed by atoms with Crippen molar-refractivity contribution in [1.82, 2.24) is 9.78 Å². The molecule has 0 aliphatic carbocycles. The molecular weight excluding hydrogens is 340 g/mol. The molecule has 5 heteroatoms.